The van der Waals surface area contributed by atoms with E-state index >= 15 is 0 Å². The number of unbranched alkanes of at least 4 members (excludes halogenated alkanes) is 1. The summed E-state index contributed by atoms with van der Waals surface area (Å²) < 4.78 is 0. The van der Waals surface area contributed by atoms with Crippen molar-refractivity contribution in [2.75, 3.05) is 18.4 Å². The van der Waals surface area contributed by atoms with Gasteiger partial charge in [0, 0.05) is 18.5 Å². The molecule has 1 rings (SSSR count). The Morgan fingerprint density at radius 2 is 1.91 bits per heavy atom. The number of carbonyl (C=O) groups excluding carboxylic acids is 3. The molecule has 10 N–H and O–H groups in total. The number of rotatable bonds is 15. The van der Waals surface area contributed by atoms with E-state index < -0.39 is 42.2 Å². The smallest absolute Gasteiger partial charge is 0.305 e. The number of carbonyl (C=O) groups is 4. The Morgan fingerprint density at radius 3 is 2.53 bits per heavy atom. The van der Waals surface area contributed by atoms with E-state index in [0.717, 1.165) is 24.2 Å². The number of guanidine groups is 1. The standard InChI is InChI=1S/C19H32N8O5S.ClH/c1-2-3-6-23-17(32)13(9-15(29)30)26-14(28)8-11-10-33-19(25-11)27-16(31)12(20)5-4-7-24-18(21)22;/h10,12-13H,2-9,20H2,1H3,(H,23,32)(H,26,28)(H,29,30)(H4,21,22,24)(H,25,27,31);1H/t12-,13-;/m0./s1. The molecule has 0 bridgehead atoms. The number of hydrogen-bond acceptors (Lipinski definition) is 8. The Kier molecular flexibility index (Phi) is 15.2. The van der Waals surface area contributed by atoms with E-state index in [1.807, 2.05) is 6.92 Å². The first-order valence-corrected chi connectivity index (χ1v) is 11.3. The van der Waals surface area contributed by atoms with Crippen LogP contribution in [0.4, 0.5) is 5.13 Å². The summed E-state index contributed by atoms with van der Waals surface area (Å²) in [6.45, 7) is 2.71. The van der Waals surface area contributed by atoms with Crippen molar-refractivity contribution in [1.29, 1.82) is 0 Å². The first kappa shape index (κ1) is 31.0. The molecule has 15 heteroatoms. The SMILES string of the molecule is CCCCNC(=O)[C@H](CC(=O)O)NC(=O)Cc1csc(NC(=O)[C@@H](N)CCCN=C(N)N)n1.Cl. The minimum absolute atomic E-state index is 0. The summed E-state index contributed by atoms with van der Waals surface area (Å²) in [5.74, 6) is -2.79. The minimum Gasteiger partial charge on any atom is -0.481 e. The quantitative estimate of drug-likeness (QED) is 0.0879. The third-order valence-electron chi connectivity index (χ3n) is 4.29. The summed E-state index contributed by atoms with van der Waals surface area (Å²) in [5, 5.41) is 18.5. The highest BCUT2D eigenvalue weighted by Crippen LogP contribution is 2.16. The number of thiazole rings is 1. The van der Waals surface area contributed by atoms with Crippen LogP contribution < -0.4 is 33.2 Å². The van der Waals surface area contributed by atoms with Gasteiger partial charge in [0.25, 0.3) is 0 Å². The number of hydrogen-bond donors (Lipinski definition) is 7. The van der Waals surface area contributed by atoms with Gasteiger partial charge in [-0.15, -0.1) is 23.7 Å². The number of nitrogens with one attached hydrogen (secondary N) is 3. The van der Waals surface area contributed by atoms with Crippen molar-refractivity contribution < 1.29 is 24.3 Å². The van der Waals surface area contributed by atoms with Crippen molar-refractivity contribution in [1.82, 2.24) is 15.6 Å². The van der Waals surface area contributed by atoms with Crippen LogP contribution in [-0.4, -0.2) is 64.9 Å². The van der Waals surface area contributed by atoms with Crippen molar-refractivity contribution in [3.63, 3.8) is 0 Å². The van der Waals surface area contributed by atoms with Gasteiger partial charge in [0.2, 0.25) is 17.7 Å². The Balaban J connectivity index is 0.0000109. The third kappa shape index (κ3) is 12.9. The molecule has 1 aromatic rings. The van der Waals surface area contributed by atoms with E-state index in [1.165, 1.54) is 0 Å². The van der Waals surface area contributed by atoms with Gasteiger partial charge in [-0.3, -0.25) is 24.2 Å². The van der Waals surface area contributed by atoms with Crippen LogP contribution in [0.3, 0.4) is 0 Å². The van der Waals surface area contributed by atoms with Crippen LogP contribution in [0.1, 0.15) is 44.7 Å². The summed E-state index contributed by atoms with van der Waals surface area (Å²) in [5.41, 5.74) is 16.7. The molecule has 0 spiro atoms. The van der Waals surface area contributed by atoms with Gasteiger partial charge >= 0.3 is 5.97 Å². The molecule has 13 nitrogen and oxygen atoms in total. The molecule has 0 saturated heterocycles. The monoisotopic (exact) mass is 520 g/mol. The van der Waals surface area contributed by atoms with E-state index in [9.17, 15) is 19.2 Å². The Bertz CT molecular complexity index is 846. The molecule has 0 saturated carbocycles. The Morgan fingerprint density at radius 1 is 1.21 bits per heavy atom. The fraction of sp³-hybridized carbons (Fsp3) is 0.579. The van der Waals surface area contributed by atoms with Crippen LogP contribution in [0.2, 0.25) is 0 Å². The molecule has 0 aromatic carbocycles. The van der Waals surface area contributed by atoms with E-state index in [0.29, 0.717) is 31.6 Å². The average Bonchev–Trinajstić information content (AvgIpc) is 3.16. The summed E-state index contributed by atoms with van der Waals surface area (Å²) in [6, 6.07) is -1.97. The van der Waals surface area contributed by atoms with E-state index in [4.69, 9.17) is 22.3 Å². The summed E-state index contributed by atoms with van der Waals surface area (Å²) >= 11 is 1.11. The van der Waals surface area contributed by atoms with Gasteiger partial charge in [0.1, 0.15) is 6.04 Å². The normalized spacial score (nSPS) is 11.9. The zero-order valence-corrected chi connectivity index (χ0v) is 20.5. The van der Waals surface area contributed by atoms with Crippen LogP contribution in [0.25, 0.3) is 0 Å². The fourth-order valence-corrected chi connectivity index (χ4v) is 3.31. The minimum atomic E-state index is -1.21. The highest BCUT2D eigenvalue weighted by Gasteiger charge is 2.24. The van der Waals surface area contributed by atoms with E-state index in [1.54, 1.807) is 5.38 Å². The summed E-state index contributed by atoms with van der Waals surface area (Å²) in [4.78, 5) is 55.7. The highest BCUT2D eigenvalue weighted by molar-refractivity contribution is 7.13. The molecule has 192 valence electrons. The summed E-state index contributed by atoms with van der Waals surface area (Å²) in [7, 11) is 0. The highest BCUT2D eigenvalue weighted by atomic mass is 35.5. The van der Waals surface area contributed by atoms with Crippen LogP contribution in [0.5, 0.6) is 0 Å². The fourth-order valence-electron chi connectivity index (χ4n) is 2.60. The second-order valence-electron chi connectivity index (χ2n) is 7.23. The van der Waals surface area contributed by atoms with Crippen LogP contribution in [0, 0.1) is 0 Å². The summed E-state index contributed by atoms with van der Waals surface area (Å²) in [6.07, 6.45) is 1.78. The Hall–Kier alpha value is -2.97. The molecule has 2 atom stereocenters. The number of nitrogens with two attached hydrogens (primary N) is 3. The van der Waals surface area contributed by atoms with Crippen molar-refractivity contribution >= 4 is 58.5 Å². The van der Waals surface area contributed by atoms with Gasteiger partial charge < -0.3 is 38.3 Å². The largest absolute Gasteiger partial charge is 0.481 e. The molecule has 0 aliphatic heterocycles. The number of carboxylic acids is 1. The molecule has 0 unspecified atom stereocenters. The maximum atomic E-state index is 12.3. The maximum absolute atomic E-state index is 12.3. The predicted octanol–water partition coefficient (Wildman–Crippen LogP) is -0.697. The number of amides is 3. The van der Waals surface area contributed by atoms with E-state index in [-0.39, 0.29) is 29.9 Å². The Labute approximate surface area is 207 Å². The number of nitrogens with zero attached hydrogens (tertiary/aromatic N) is 2. The van der Waals surface area contributed by atoms with Gasteiger partial charge in [-0.25, -0.2) is 4.98 Å². The third-order valence-corrected chi connectivity index (χ3v) is 5.09. The lowest BCUT2D eigenvalue weighted by atomic mass is 10.1. The molecule has 3 amide bonds. The second-order valence-corrected chi connectivity index (χ2v) is 8.09. The molecule has 34 heavy (non-hydrogen) atoms. The van der Waals surface area contributed by atoms with Crippen LogP contribution in [0.15, 0.2) is 10.4 Å². The predicted molar refractivity (Wildman–Crippen MR) is 132 cm³/mol. The van der Waals surface area contributed by atoms with Gasteiger partial charge in [-0.1, -0.05) is 13.3 Å². The van der Waals surface area contributed by atoms with Crippen molar-refractivity contribution in [3.05, 3.63) is 11.1 Å². The number of aliphatic carboxylic acids is 1. The maximum Gasteiger partial charge on any atom is 0.305 e. The first-order chi connectivity index (χ1) is 15.6. The zero-order valence-electron chi connectivity index (χ0n) is 18.9. The number of aromatic nitrogens is 1. The lowest BCUT2D eigenvalue weighted by Gasteiger charge is -2.16. The lowest BCUT2D eigenvalue weighted by Crippen LogP contribution is -2.48. The molecule has 1 heterocycles. The van der Waals surface area contributed by atoms with Crippen LogP contribution in [-0.2, 0) is 25.6 Å². The van der Waals surface area contributed by atoms with Crippen molar-refractivity contribution in [2.24, 2.45) is 22.2 Å². The zero-order chi connectivity index (χ0) is 24.8. The average molecular weight is 521 g/mol. The first-order valence-electron chi connectivity index (χ1n) is 10.5. The van der Waals surface area contributed by atoms with Gasteiger partial charge in [-0.2, -0.15) is 0 Å². The molecule has 0 fully saturated rings. The van der Waals surface area contributed by atoms with Crippen molar-refractivity contribution in [2.45, 2.75) is 57.5 Å². The topological polar surface area (TPSA) is 228 Å². The molecule has 1 aromatic heterocycles. The van der Waals surface area contributed by atoms with Gasteiger partial charge in [-0.05, 0) is 19.3 Å². The van der Waals surface area contributed by atoms with Crippen LogP contribution >= 0.6 is 23.7 Å². The molecule has 0 aliphatic carbocycles. The molecular weight excluding hydrogens is 488 g/mol. The number of carboxylic acid groups (broad SMARTS) is 1. The number of aliphatic imine (C=N–C) groups is 1. The van der Waals surface area contributed by atoms with Crippen molar-refractivity contribution in [3.8, 4) is 0 Å². The lowest BCUT2D eigenvalue weighted by molar-refractivity contribution is -0.140. The molecular formula is C19H33ClN8O5S. The molecule has 0 radical (unpaired) electrons. The second kappa shape index (κ2) is 16.6. The van der Waals surface area contributed by atoms with Gasteiger partial charge in [0.05, 0.1) is 24.6 Å². The molecule has 0 aliphatic rings. The van der Waals surface area contributed by atoms with Gasteiger partial charge in [0.15, 0.2) is 11.1 Å². The van der Waals surface area contributed by atoms with E-state index in [2.05, 4.69) is 25.9 Å². The number of anilines is 1. The number of halogens is 1.